The molecular weight excluding hydrogens is 242 g/mol. The highest BCUT2D eigenvalue weighted by Crippen LogP contribution is 2.19. The molecule has 0 bridgehead atoms. The molecule has 0 saturated carbocycles. The summed E-state index contributed by atoms with van der Waals surface area (Å²) in [6.07, 6.45) is 0.798. The van der Waals surface area contributed by atoms with Gasteiger partial charge >= 0.3 is 0 Å². The molecule has 1 unspecified atom stereocenters. The number of amides is 1. The number of likely N-dealkylation sites (tertiary alicyclic amines) is 1. The molecule has 0 radical (unpaired) electrons. The highest BCUT2D eigenvalue weighted by Gasteiger charge is 2.27. The molecule has 2 N–H and O–H groups in total. The summed E-state index contributed by atoms with van der Waals surface area (Å²) in [4.78, 5) is 18.2. The van der Waals surface area contributed by atoms with Crippen LogP contribution in [0.2, 0.25) is 0 Å². The van der Waals surface area contributed by atoms with E-state index >= 15 is 0 Å². The average Bonchev–Trinajstić information content (AvgIpc) is 2.81. The number of benzene rings is 1. The van der Waals surface area contributed by atoms with Crippen molar-refractivity contribution in [3.63, 3.8) is 0 Å². The molecule has 18 heavy (non-hydrogen) atoms. The number of carbonyl (C=O) groups is 1. The van der Waals surface area contributed by atoms with Gasteiger partial charge in [-0.3, -0.25) is 4.79 Å². The second-order valence-corrected chi connectivity index (χ2v) is 4.37. The Morgan fingerprint density at radius 3 is 2.89 bits per heavy atom. The first kappa shape index (κ1) is 12.9. The molecule has 1 aromatic rings. The third-order valence-corrected chi connectivity index (χ3v) is 3.07. The van der Waals surface area contributed by atoms with Crippen LogP contribution in [0.1, 0.15) is 16.8 Å². The van der Waals surface area contributed by atoms with Crippen LogP contribution in [0.15, 0.2) is 18.2 Å². The van der Waals surface area contributed by atoms with Crippen LogP contribution in [0.25, 0.3) is 0 Å². The topological polar surface area (TPSA) is 55.6 Å². The number of hydrogen-bond donors (Lipinski definition) is 1. The summed E-state index contributed by atoms with van der Waals surface area (Å²) in [5, 5.41) is 0. The Balaban J connectivity index is 2.05. The van der Waals surface area contributed by atoms with Crippen LogP contribution in [0, 0.1) is 17.6 Å². The highest BCUT2D eigenvalue weighted by molar-refractivity contribution is 5.94. The van der Waals surface area contributed by atoms with Crippen molar-refractivity contribution in [3.8, 4) is 0 Å². The Hall–Kier alpha value is -1.53. The summed E-state index contributed by atoms with van der Waals surface area (Å²) < 4.78 is 25.8. The van der Waals surface area contributed by atoms with E-state index in [1.165, 1.54) is 6.07 Å². The summed E-state index contributed by atoms with van der Waals surface area (Å²) in [6, 6.07) is 3.16. The molecule has 1 atom stereocenters. The highest BCUT2D eigenvalue weighted by atomic mass is 19.2. The van der Waals surface area contributed by atoms with Crippen LogP contribution in [-0.4, -0.2) is 30.5 Å². The zero-order valence-electron chi connectivity index (χ0n) is 9.73. The lowest BCUT2D eigenvalue weighted by atomic mass is 10.1. The molecule has 98 valence electrons. The summed E-state index contributed by atoms with van der Waals surface area (Å²) in [5.74, 6) is 2.92. The first-order valence-electron chi connectivity index (χ1n) is 5.68. The molecule has 4 nitrogen and oxygen atoms in total. The van der Waals surface area contributed by atoms with Crippen LogP contribution < -0.4 is 5.90 Å². The van der Waals surface area contributed by atoms with E-state index in [9.17, 15) is 13.6 Å². The fourth-order valence-electron chi connectivity index (χ4n) is 2.10. The van der Waals surface area contributed by atoms with E-state index in [0.29, 0.717) is 19.7 Å². The van der Waals surface area contributed by atoms with Gasteiger partial charge in [0.2, 0.25) is 0 Å². The van der Waals surface area contributed by atoms with Crippen molar-refractivity contribution in [2.75, 3.05) is 19.7 Å². The summed E-state index contributed by atoms with van der Waals surface area (Å²) in [5.41, 5.74) is 0.156. The Morgan fingerprint density at radius 2 is 2.22 bits per heavy atom. The minimum atomic E-state index is -1.01. The van der Waals surface area contributed by atoms with Gasteiger partial charge in [-0.1, -0.05) is 0 Å². The van der Waals surface area contributed by atoms with Gasteiger partial charge in [0.25, 0.3) is 5.91 Å². The van der Waals surface area contributed by atoms with Crippen LogP contribution in [0.5, 0.6) is 0 Å². The second kappa shape index (κ2) is 5.41. The van der Waals surface area contributed by atoms with Crippen molar-refractivity contribution >= 4 is 5.91 Å². The number of halogens is 2. The normalized spacial score (nSPS) is 19.3. The number of rotatable bonds is 3. The minimum Gasteiger partial charge on any atom is -0.338 e. The van der Waals surface area contributed by atoms with Gasteiger partial charge in [-0.2, -0.15) is 0 Å². The average molecular weight is 256 g/mol. The van der Waals surface area contributed by atoms with Crippen molar-refractivity contribution in [2.24, 2.45) is 11.8 Å². The molecule has 2 rings (SSSR count). The molecule has 1 aromatic carbocycles. The molecule has 0 spiro atoms. The molecule has 1 amide bonds. The Bertz CT molecular complexity index is 454. The molecular formula is C12H14F2N2O2. The fourth-order valence-corrected chi connectivity index (χ4v) is 2.10. The molecule has 1 fully saturated rings. The van der Waals surface area contributed by atoms with Crippen LogP contribution in [-0.2, 0) is 4.84 Å². The van der Waals surface area contributed by atoms with Crippen molar-refractivity contribution in [3.05, 3.63) is 35.4 Å². The summed E-state index contributed by atoms with van der Waals surface area (Å²) in [7, 11) is 0. The largest absolute Gasteiger partial charge is 0.338 e. The van der Waals surface area contributed by atoms with Crippen LogP contribution in [0.3, 0.4) is 0 Å². The Labute approximate surface area is 103 Å². The van der Waals surface area contributed by atoms with Crippen LogP contribution in [0.4, 0.5) is 8.78 Å². The number of hydrogen-bond acceptors (Lipinski definition) is 3. The summed E-state index contributed by atoms with van der Waals surface area (Å²) >= 11 is 0. The minimum absolute atomic E-state index is 0.156. The molecule has 1 aliphatic heterocycles. The fraction of sp³-hybridized carbons (Fsp3) is 0.417. The molecule has 6 heteroatoms. The van der Waals surface area contributed by atoms with Gasteiger partial charge in [-0.25, -0.2) is 14.7 Å². The number of nitrogens with zero attached hydrogens (tertiary/aromatic N) is 1. The Morgan fingerprint density at radius 1 is 1.44 bits per heavy atom. The Kier molecular flexibility index (Phi) is 3.88. The maximum atomic E-state index is 13.0. The van der Waals surface area contributed by atoms with Gasteiger partial charge in [0, 0.05) is 24.6 Å². The van der Waals surface area contributed by atoms with Gasteiger partial charge in [0.15, 0.2) is 11.6 Å². The molecule has 1 aliphatic rings. The quantitative estimate of drug-likeness (QED) is 0.830. The van der Waals surface area contributed by atoms with E-state index < -0.39 is 11.6 Å². The van der Waals surface area contributed by atoms with Crippen molar-refractivity contribution in [2.45, 2.75) is 6.42 Å². The lowest BCUT2D eigenvalue weighted by molar-refractivity contribution is 0.0754. The van der Waals surface area contributed by atoms with Crippen LogP contribution >= 0.6 is 0 Å². The number of nitrogens with two attached hydrogens (primary N) is 1. The maximum absolute atomic E-state index is 13.0. The van der Waals surface area contributed by atoms with E-state index in [-0.39, 0.29) is 17.4 Å². The first-order chi connectivity index (χ1) is 8.61. The zero-order valence-corrected chi connectivity index (χ0v) is 9.73. The zero-order chi connectivity index (χ0) is 13.1. The smallest absolute Gasteiger partial charge is 0.253 e. The van der Waals surface area contributed by atoms with Crippen molar-refractivity contribution in [1.82, 2.24) is 4.90 Å². The molecule has 0 aliphatic carbocycles. The van der Waals surface area contributed by atoms with E-state index in [1.807, 2.05) is 0 Å². The van der Waals surface area contributed by atoms with Crippen molar-refractivity contribution < 1.29 is 18.4 Å². The van der Waals surface area contributed by atoms with Gasteiger partial charge in [-0.05, 0) is 24.6 Å². The lowest BCUT2D eigenvalue weighted by Gasteiger charge is -2.16. The standard InChI is InChI=1S/C12H14F2N2O2/c13-10-2-1-9(5-11(10)14)12(17)16-4-3-8(6-16)7-18-15/h1-2,5,8H,3-4,6-7,15H2. The molecule has 1 saturated heterocycles. The van der Waals surface area contributed by atoms with E-state index in [4.69, 9.17) is 5.90 Å². The number of carbonyl (C=O) groups excluding carboxylic acids is 1. The van der Waals surface area contributed by atoms with Gasteiger partial charge in [0.05, 0.1) is 6.61 Å². The molecule has 0 aromatic heterocycles. The molecule has 1 heterocycles. The second-order valence-electron chi connectivity index (χ2n) is 4.37. The van der Waals surface area contributed by atoms with E-state index in [1.54, 1.807) is 4.90 Å². The van der Waals surface area contributed by atoms with E-state index in [0.717, 1.165) is 18.6 Å². The van der Waals surface area contributed by atoms with Crippen molar-refractivity contribution in [1.29, 1.82) is 0 Å². The lowest BCUT2D eigenvalue weighted by Crippen LogP contribution is -2.29. The predicted octanol–water partition coefficient (Wildman–Crippen LogP) is 1.32. The van der Waals surface area contributed by atoms with Gasteiger partial charge < -0.3 is 9.74 Å². The third kappa shape index (κ3) is 2.65. The third-order valence-electron chi connectivity index (χ3n) is 3.07. The SMILES string of the molecule is NOCC1CCN(C(=O)c2ccc(F)c(F)c2)C1. The van der Waals surface area contributed by atoms with E-state index in [2.05, 4.69) is 4.84 Å². The predicted molar refractivity (Wildman–Crippen MR) is 60.5 cm³/mol. The monoisotopic (exact) mass is 256 g/mol. The van der Waals surface area contributed by atoms with Gasteiger partial charge in [-0.15, -0.1) is 0 Å². The maximum Gasteiger partial charge on any atom is 0.253 e. The van der Waals surface area contributed by atoms with Gasteiger partial charge in [0.1, 0.15) is 0 Å². The first-order valence-corrected chi connectivity index (χ1v) is 5.68. The summed E-state index contributed by atoms with van der Waals surface area (Å²) in [6.45, 7) is 1.49.